The second-order valence-corrected chi connectivity index (χ2v) is 14.5. The number of nitrogens with two attached hydrogens (primary N) is 1. The van der Waals surface area contributed by atoms with Crippen molar-refractivity contribution in [2.75, 3.05) is 0 Å². The zero-order valence-corrected chi connectivity index (χ0v) is 30.1. The number of amidine groups is 1. The first-order chi connectivity index (χ1) is 26.0. The summed E-state index contributed by atoms with van der Waals surface area (Å²) in [5, 5.41) is 4.91. The molecule has 2 nitrogen and oxygen atoms in total. The molecule has 0 spiro atoms. The maximum atomic E-state index is 6.84. The molecule has 2 N–H and O–H groups in total. The molecule has 1 aliphatic rings. The van der Waals surface area contributed by atoms with Crippen LogP contribution in [0.2, 0.25) is 0 Å². The van der Waals surface area contributed by atoms with Gasteiger partial charge in [0.2, 0.25) is 0 Å². The Morgan fingerprint density at radius 3 is 1.94 bits per heavy atom. The molecule has 0 amide bonds. The van der Waals surface area contributed by atoms with Crippen LogP contribution in [0.15, 0.2) is 187 Å². The summed E-state index contributed by atoms with van der Waals surface area (Å²) in [7, 11) is 0. The number of benzene rings is 8. The van der Waals surface area contributed by atoms with Crippen molar-refractivity contribution < 1.29 is 0 Å². The van der Waals surface area contributed by atoms with Gasteiger partial charge in [-0.3, -0.25) is 0 Å². The predicted octanol–water partition coefficient (Wildman–Crippen LogP) is 12.6. The first-order valence-corrected chi connectivity index (χ1v) is 18.4. The molecule has 9 rings (SSSR count). The van der Waals surface area contributed by atoms with Gasteiger partial charge in [-0.15, -0.1) is 0 Å². The van der Waals surface area contributed by atoms with Gasteiger partial charge in [-0.25, -0.2) is 4.99 Å². The largest absolute Gasteiger partial charge is 0.383 e. The van der Waals surface area contributed by atoms with Gasteiger partial charge in [0.05, 0.1) is 5.70 Å². The molecule has 254 valence electrons. The SMILES string of the molecule is CC1(C)c2cccc(-c3ccc(/C(=C/Cc4ccccc4)N=C(N)c4ccc(-c5ccccc5)cc4)c4ccccc34)c2-c2c1ccc1ccccc21. The Morgan fingerprint density at radius 2 is 1.17 bits per heavy atom. The van der Waals surface area contributed by atoms with Crippen molar-refractivity contribution >= 4 is 33.1 Å². The lowest BCUT2D eigenvalue weighted by atomic mass is 9.81. The molecule has 0 fully saturated rings. The topological polar surface area (TPSA) is 38.4 Å². The fourth-order valence-electron chi connectivity index (χ4n) is 8.23. The quantitative estimate of drug-likeness (QED) is 0.132. The Balaban J connectivity index is 1.20. The van der Waals surface area contributed by atoms with E-state index in [9.17, 15) is 0 Å². The Bertz CT molecular complexity index is 2700. The van der Waals surface area contributed by atoms with E-state index in [1.165, 1.54) is 60.7 Å². The van der Waals surface area contributed by atoms with Crippen molar-refractivity contribution in [1.29, 1.82) is 0 Å². The highest BCUT2D eigenvalue weighted by Gasteiger charge is 2.38. The maximum absolute atomic E-state index is 6.84. The van der Waals surface area contributed by atoms with E-state index in [0.717, 1.165) is 34.2 Å². The number of fused-ring (bicyclic) bond motifs is 6. The molecule has 0 saturated carbocycles. The van der Waals surface area contributed by atoms with Gasteiger partial charge in [0.1, 0.15) is 5.84 Å². The Kier molecular flexibility index (Phi) is 8.09. The van der Waals surface area contributed by atoms with E-state index < -0.39 is 0 Å². The Labute approximate surface area is 311 Å². The van der Waals surface area contributed by atoms with E-state index in [4.69, 9.17) is 10.7 Å². The van der Waals surface area contributed by atoms with E-state index in [-0.39, 0.29) is 5.41 Å². The Hall–Kier alpha value is -6.51. The lowest BCUT2D eigenvalue weighted by Gasteiger charge is -2.22. The van der Waals surface area contributed by atoms with Crippen LogP contribution in [0.25, 0.3) is 60.6 Å². The fraction of sp³-hybridized carbons (Fsp3) is 0.0784. The zero-order valence-electron chi connectivity index (χ0n) is 30.1. The first kappa shape index (κ1) is 32.4. The van der Waals surface area contributed by atoms with Crippen molar-refractivity contribution in [3.63, 3.8) is 0 Å². The summed E-state index contributed by atoms with van der Waals surface area (Å²) >= 11 is 0. The molecule has 0 bridgehead atoms. The van der Waals surface area contributed by atoms with E-state index in [1.54, 1.807) is 0 Å². The second-order valence-electron chi connectivity index (χ2n) is 14.5. The van der Waals surface area contributed by atoms with Crippen LogP contribution in [-0.2, 0) is 11.8 Å². The minimum Gasteiger partial charge on any atom is -0.383 e. The van der Waals surface area contributed by atoms with Crippen LogP contribution in [0.1, 0.15) is 41.7 Å². The third kappa shape index (κ3) is 5.73. The van der Waals surface area contributed by atoms with Crippen LogP contribution in [0.5, 0.6) is 0 Å². The third-order valence-electron chi connectivity index (χ3n) is 11.0. The van der Waals surface area contributed by atoms with Gasteiger partial charge in [0, 0.05) is 16.5 Å². The zero-order chi connectivity index (χ0) is 35.9. The van der Waals surface area contributed by atoms with Gasteiger partial charge in [-0.2, -0.15) is 0 Å². The molecule has 2 heteroatoms. The van der Waals surface area contributed by atoms with Gasteiger partial charge in [0.25, 0.3) is 0 Å². The van der Waals surface area contributed by atoms with E-state index in [0.29, 0.717) is 5.84 Å². The van der Waals surface area contributed by atoms with Crippen molar-refractivity contribution in [1.82, 2.24) is 0 Å². The molecule has 8 aromatic rings. The van der Waals surface area contributed by atoms with Crippen LogP contribution >= 0.6 is 0 Å². The van der Waals surface area contributed by atoms with Crippen LogP contribution in [0, 0.1) is 0 Å². The van der Waals surface area contributed by atoms with Crippen molar-refractivity contribution in [2.24, 2.45) is 10.7 Å². The highest BCUT2D eigenvalue weighted by atomic mass is 14.9. The van der Waals surface area contributed by atoms with Gasteiger partial charge in [-0.1, -0.05) is 196 Å². The number of rotatable bonds is 7. The molecule has 8 aromatic carbocycles. The average molecular weight is 681 g/mol. The van der Waals surface area contributed by atoms with Gasteiger partial charge >= 0.3 is 0 Å². The highest BCUT2D eigenvalue weighted by molar-refractivity contribution is 6.11. The first-order valence-electron chi connectivity index (χ1n) is 18.4. The fourth-order valence-corrected chi connectivity index (χ4v) is 8.23. The van der Waals surface area contributed by atoms with Crippen LogP contribution in [0.3, 0.4) is 0 Å². The number of hydrogen-bond acceptors (Lipinski definition) is 1. The number of aliphatic imine (C=N–C) groups is 1. The monoisotopic (exact) mass is 680 g/mol. The normalized spacial score (nSPS) is 13.6. The smallest absolute Gasteiger partial charge is 0.131 e. The van der Waals surface area contributed by atoms with Crippen molar-refractivity contribution in [3.8, 4) is 33.4 Å². The number of hydrogen-bond donors (Lipinski definition) is 1. The van der Waals surface area contributed by atoms with Crippen LogP contribution in [0.4, 0.5) is 0 Å². The lowest BCUT2D eigenvalue weighted by Crippen LogP contribution is -2.14. The predicted molar refractivity (Wildman–Crippen MR) is 225 cm³/mol. The Morgan fingerprint density at radius 1 is 0.528 bits per heavy atom. The van der Waals surface area contributed by atoms with Crippen molar-refractivity contribution in [2.45, 2.75) is 25.7 Å². The summed E-state index contributed by atoms with van der Waals surface area (Å²) in [5.74, 6) is 0.490. The summed E-state index contributed by atoms with van der Waals surface area (Å²) in [6, 6.07) is 62.8. The van der Waals surface area contributed by atoms with Gasteiger partial charge < -0.3 is 5.73 Å². The van der Waals surface area contributed by atoms with Crippen LogP contribution in [-0.4, -0.2) is 5.84 Å². The number of nitrogens with zero attached hydrogens (tertiary/aromatic N) is 1. The van der Waals surface area contributed by atoms with E-state index in [2.05, 4.69) is 190 Å². The standard InChI is InChI=1S/C51H40N2/c1-51(2)45-23-13-22-44(49(45)48-39-19-10-9-18-37(39)29-32-46(48)51)42-30-31-43(41-21-12-11-20-40(41)42)47(33-24-34-14-5-3-6-15-34)53-50(52)38-27-25-36(26-28-38)35-16-7-4-8-17-35/h3-23,25-33H,24H2,1-2H3,(H2,52,53)/b47-33-. The summed E-state index contributed by atoms with van der Waals surface area (Å²) in [6.45, 7) is 4.72. The lowest BCUT2D eigenvalue weighted by molar-refractivity contribution is 0.661. The minimum atomic E-state index is -0.112. The molecule has 0 atom stereocenters. The molecule has 0 radical (unpaired) electrons. The van der Waals surface area contributed by atoms with Gasteiger partial charge in [0.15, 0.2) is 0 Å². The molecule has 0 heterocycles. The maximum Gasteiger partial charge on any atom is 0.131 e. The molecule has 53 heavy (non-hydrogen) atoms. The molecule has 1 aliphatic carbocycles. The summed E-state index contributed by atoms with van der Waals surface area (Å²) < 4.78 is 0. The molecule has 0 unspecified atom stereocenters. The summed E-state index contributed by atoms with van der Waals surface area (Å²) in [5.41, 5.74) is 21.0. The van der Waals surface area contributed by atoms with E-state index in [1.807, 2.05) is 6.07 Å². The molecule has 0 aromatic heterocycles. The molecule has 0 saturated heterocycles. The second kappa shape index (κ2) is 13.2. The molecule has 0 aliphatic heterocycles. The average Bonchev–Trinajstić information content (AvgIpc) is 3.46. The van der Waals surface area contributed by atoms with Crippen LogP contribution < -0.4 is 5.73 Å². The summed E-state index contributed by atoms with van der Waals surface area (Å²) in [6.07, 6.45) is 2.95. The van der Waals surface area contributed by atoms with E-state index >= 15 is 0 Å². The van der Waals surface area contributed by atoms with Gasteiger partial charge in [-0.05, 0) is 78.0 Å². The molecular weight excluding hydrogens is 641 g/mol. The highest BCUT2D eigenvalue weighted by Crippen LogP contribution is 2.55. The third-order valence-corrected chi connectivity index (χ3v) is 11.0. The van der Waals surface area contributed by atoms with Crippen molar-refractivity contribution in [3.05, 3.63) is 210 Å². The summed E-state index contributed by atoms with van der Waals surface area (Å²) in [4.78, 5) is 5.18. The minimum absolute atomic E-state index is 0.112. The number of allylic oxidation sites excluding steroid dienone is 1. The molecular formula is C51H40N2.